The van der Waals surface area contributed by atoms with E-state index in [0.717, 1.165) is 83.8 Å². The van der Waals surface area contributed by atoms with Gasteiger partial charge in [-0.3, -0.25) is 29.4 Å². The van der Waals surface area contributed by atoms with Gasteiger partial charge in [-0.15, -0.1) is 0 Å². The second kappa shape index (κ2) is 14.3. The molecule has 250 valence electrons. The molecule has 17 heteroatoms. The number of aliphatic hydroxyl groups excluding tert-OH is 6. The highest BCUT2D eigenvalue weighted by molar-refractivity contribution is 5.81. The summed E-state index contributed by atoms with van der Waals surface area (Å²) < 4.78 is 11.6. The van der Waals surface area contributed by atoms with E-state index in [0.29, 0.717) is 9.80 Å². The van der Waals surface area contributed by atoms with Gasteiger partial charge < -0.3 is 40.1 Å². The van der Waals surface area contributed by atoms with Crippen LogP contribution in [0.25, 0.3) is 0 Å². The fraction of sp³-hybridized carbons (Fsp3) is 0.889. The van der Waals surface area contributed by atoms with Gasteiger partial charge in [0, 0.05) is 13.1 Å². The van der Waals surface area contributed by atoms with Gasteiger partial charge in [0.25, 0.3) is 0 Å². The number of ether oxygens (including phenoxy) is 2. The first kappa shape index (κ1) is 32.9. The van der Waals surface area contributed by atoms with Gasteiger partial charge in [0.1, 0.15) is 13.3 Å². The SMILES string of the molecule is O=C1N(CCOC2CCCCC2)C(O)C(O)N1CN1C(=O)N(CN2C(=O)N(CCOC3CCCCC3)C(O)C2O)C(O)C1O. The second-order valence-corrected chi connectivity index (χ2v) is 12.1. The van der Waals surface area contributed by atoms with Crippen molar-refractivity contribution in [1.29, 1.82) is 0 Å². The molecule has 6 amide bonds. The molecule has 6 atom stereocenters. The lowest BCUT2D eigenvalue weighted by Gasteiger charge is -2.28. The molecule has 5 fully saturated rings. The lowest BCUT2D eigenvalue weighted by atomic mass is 9.98. The molecule has 6 N–H and O–H groups in total. The van der Waals surface area contributed by atoms with Crippen LogP contribution in [-0.2, 0) is 9.47 Å². The third kappa shape index (κ3) is 6.69. The van der Waals surface area contributed by atoms with Crippen molar-refractivity contribution in [3.05, 3.63) is 0 Å². The standard InChI is InChI=1S/C27H46N6O11/c34-19-21(36)30(25(40)28(19)11-13-43-17-7-3-1-4-8-17)15-32-23(38)24(39)33(27(32)42)16-31-22(37)20(35)29(26(31)41)12-14-44-18-9-5-2-6-10-18/h17-24,34-39H,1-16H2. The monoisotopic (exact) mass is 630 g/mol. The summed E-state index contributed by atoms with van der Waals surface area (Å²) in [7, 11) is 0. The van der Waals surface area contributed by atoms with Gasteiger partial charge in [-0.05, 0) is 25.7 Å². The average molecular weight is 631 g/mol. The third-order valence-corrected chi connectivity index (χ3v) is 9.28. The van der Waals surface area contributed by atoms with Crippen LogP contribution in [0.3, 0.4) is 0 Å². The van der Waals surface area contributed by atoms with Crippen LogP contribution in [0.2, 0.25) is 0 Å². The predicted octanol–water partition coefficient (Wildman–Crippen LogP) is -1.28. The molecule has 2 aliphatic carbocycles. The summed E-state index contributed by atoms with van der Waals surface area (Å²) in [6.07, 6.45) is -0.0134. The minimum absolute atomic E-state index is 0.00517. The van der Waals surface area contributed by atoms with Gasteiger partial charge in [0.05, 0.1) is 25.4 Å². The van der Waals surface area contributed by atoms with E-state index in [-0.39, 0.29) is 38.5 Å². The Kier molecular flexibility index (Phi) is 10.7. The van der Waals surface area contributed by atoms with Crippen molar-refractivity contribution in [1.82, 2.24) is 29.4 Å². The first-order valence-corrected chi connectivity index (χ1v) is 15.6. The highest BCUT2D eigenvalue weighted by Crippen LogP contribution is 2.28. The van der Waals surface area contributed by atoms with Crippen LogP contribution in [0.5, 0.6) is 0 Å². The Morgan fingerprint density at radius 1 is 0.455 bits per heavy atom. The van der Waals surface area contributed by atoms with Crippen molar-refractivity contribution in [2.24, 2.45) is 0 Å². The first-order valence-electron chi connectivity index (χ1n) is 15.6. The molecule has 0 aromatic heterocycles. The third-order valence-electron chi connectivity index (χ3n) is 9.28. The van der Waals surface area contributed by atoms with Crippen molar-refractivity contribution < 1.29 is 54.5 Å². The number of aliphatic hydroxyl groups is 6. The Balaban J connectivity index is 1.15. The smallest absolute Gasteiger partial charge is 0.327 e. The maximum atomic E-state index is 13.2. The maximum Gasteiger partial charge on any atom is 0.327 e. The van der Waals surface area contributed by atoms with Crippen molar-refractivity contribution in [2.45, 2.75) is 114 Å². The molecule has 5 rings (SSSR count). The van der Waals surface area contributed by atoms with E-state index in [1.165, 1.54) is 0 Å². The van der Waals surface area contributed by atoms with Crippen LogP contribution in [0.4, 0.5) is 14.4 Å². The Morgan fingerprint density at radius 2 is 0.727 bits per heavy atom. The molecule has 0 aromatic carbocycles. The molecule has 0 aromatic rings. The van der Waals surface area contributed by atoms with E-state index >= 15 is 0 Å². The molecule has 6 unspecified atom stereocenters. The van der Waals surface area contributed by atoms with E-state index < -0.39 is 68.8 Å². The Morgan fingerprint density at radius 3 is 1.05 bits per heavy atom. The van der Waals surface area contributed by atoms with Crippen LogP contribution >= 0.6 is 0 Å². The zero-order valence-electron chi connectivity index (χ0n) is 24.8. The normalized spacial score (nSPS) is 32.7. The molecule has 3 saturated heterocycles. The van der Waals surface area contributed by atoms with Crippen LogP contribution in [0.15, 0.2) is 0 Å². The number of hydrogen-bond donors (Lipinski definition) is 6. The minimum atomic E-state index is -1.87. The largest absolute Gasteiger partial charge is 0.376 e. The molecule has 3 aliphatic heterocycles. The highest BCUT2D eigenvalue weighted by atomic mass is 16.5. The van der Waals surface area contributed by atoms with Gasteiger partial charge in [-0.25, -0.2) is 14.4 Å². The van der Waals surface area contributed by atoms with E-state index in [1.807, 2.05) is 0 Å². The quantitative estimate of drug-likeness (QED) is 0.150. The number of carbonyl (C=O) groups excluding carboxylic acids is 3. The van der Waals surface area contributed by atoms with Gasteiger partial charge in [0.2, 0.25) is 0 Å². The minimum Gasteiger partial charge on any atom is -0.376 e. The molecule has 0 radical (unpaired) electrons. The fourth-order valence-corrected chi connectivity index (χ4v) is 6.60. The molecule has 3 heterocycles. The zero-order chi connectivity index (χ0) is 31.5. The number of hydrogen-bond acceptors (Lipinski definition) is 11. The summed E-state index contributed by atoms with van der Waals surface area (Å²) in [4.78, 5) is 44.3. The zero-order valence-corrected chi connectivity index (χ0v) is 24.8. The van der Waals surface area contributed by atoms with Gasteiger partial charge in [0.15, 0.2) is 37.4 Å². The Bertz CT molecular complexity index is 939. The summed E-state index contributed by atoms with van der Waals surface area (Å²) >= 11 is 0. The molecule has 5 aliphatic rings. The van der Waals surface area contributed by atoms with Gasteiger partial charge in [-0.1, -0.05) is 38.5 Å². The van der Waals surface area contributed by atoms with E-state index in [1.54, 1.807) is 0 Å². The second-order valence-electron chi connectivity index (χ2n) is 12.1. The van der Waals surface area contributed by atoms with Gasteiger partial charge in [-0.2, -0.15) is 0 Å². The lowest BCUT2D eigenvalue weighted by Crippen LogP contribution is -2.49. The molecular formula is C27H46N6O11. The topological polar surface area (TPSA) is 210 Å². The predicted molar refractivity (Wildman–Crippen MR) is 148 cm³/mol. The average Bonchev–Trinajstić information content (AvgIpc) is 3.45. The molecule has 0 bridgehead atoms. The van der Waals surface area contributed by atoms with Crippen LogP contribution in [0.1, 0.15) is 64.2 Å². The van der Waals surface area contributed by atoms with Crippen LogP contribution in [-0.4, -0.2) is 167 Å². The van der Waals surface area contributed by atoms with Crippen LogP contribution in [0, 0.1) is 0 Å². The van der Waals surface area contributed by atoms with Crippen molar-refractivity contribution in [3.8, 4) is 0 Å². The van der Waals surface area contributed by atoms with Crippen molar-refractivity contribution in [2.75, 3.05) is 39.6 Å². The Labute approximate surface area is 255 Å². The number of amides is 6. The van der Waals surface area contributed by atoms with Gasteiger partial charge >= 0.3 is 18.1 Å². The molecular weight excluding hydrogens is 584 g/mol. The summed E-state index contributed by atoms with van der Waals surface area (Å²) in [5, 5.41) is 63.4. The first-order chi connectivity index (χ1) is 21.1. The molecule has 0 spiro atoms. The number of rotatable bonds is 12. The fourth-order valence-electron chi connectivity index (χ4n) is 6.60. The maximum absolute atomic E-state index is 13.2. The van der Waals surface area contributed by atoms with E-state index in [2.05, 4.69) is 0 Å². The van der Waals surface area contributed by atoms with E-state index in [4.69, 9.17) is 9.47 Å². The van der Waals surface area contributed by atoms with Crippen molar-refractivity contribution >= 4 is 18.1 Å². The summed E-state index contributed by atoms with van der Waals surface area (Å²) in [5.41, 5.74) is 0. The molecule has 17 nitrogen and oxygen atoms in total. The highest BCUT2D eigenvalue weighted by Gasteiger charge is 2.52. The molecule has 44 heavy (non-hydrogen) atoms. The van der Waals surface area contributed by atoms with Crippen molar-refractivity contribution in [3.63, 3.8) is 0 Å². The summed E-state index contributed by atoms with van der Waals surface area (Å²) in [6, 6.07) is -2.61. The summed E-state index contributed by atoms with van der Waals surface area (Å²) in [5.74, 6) is 0. The summed E-state index contributed by atoms with van der Waals surface area (Å²) in [6.45, 7) is -1.09. The molecule has 2 saturated carbocycles. The Hall–Kier alpha value is -2.51. The number of urea groups is 3. The number of nitrogens with zero attached hydrogens (tertiary/aromatic N) is 6. The van der Waals surface area contributed by atoms with Crippen LogP contribution < -0.4 is 0 Å². The van der Waals surface area contributed by atoms with E-state index in [9.17, 15) is 45.0 Å². The number of carbonyl (C=O) groups is 3. The lowest BCUT2D eigenvalue weighted by molar-refractivity contribution is -0.109.